The molecule has 0 aliphatic heterocycles. The molecule has 2 aliphatic rings. The summed E-state index contributed by atoms with van der Waals surface area (Å²) in [5, 5.41) is 2.28. The van der Waals surface area contributed by atoms with Crippen molar-refractivity contribution in [2.24, 2.45) is 0 Å². The Morgan fingerprint density at radius 1 is 0.393 bits per heavy atom. The summed E-state index contributed by atoms with van der Waals surface area (Å²) < 4.78 is 6.35. The van der Waals surface area contributed by atoms with Crippen molar-refractivity contribution in [3.8, 4) is 44.5 Å². The topological polar surface area (TPSA) is 16.4 Å². The molecule has 0 N–H and O–H groups in total. The number of hydrogen-bond acceptors (Lipinski definition) is 2. The Morgan fingerprint density at radius 2 is 0.875 bits per heavy atom. The van der Waals surface area contributed by atoms with Gasteiger partial charge in [-0.2, -0.15) is 0 Å². The molecule has 2 nitrogen and oxygen atoms in total. The van der Waals surface area contributed by atoms with Crippen LogP contribution in [-0.4, -0.2) is 0 Å². The van der Waals surface area contributed by atoms with Gasteiger partial charge in [-0.15, -0.1) is 0 Å². The average molecular weight is 720 g/mol. The van der Waals surface area contributed by atoms with Gasteiger partial charge in [-0.05, 0) is 104 Å². The highest BCUT2D eigenvalue weighted by Crippen LogP contribution is 2.56. The van der Waals surface area contributed by atoms with Crippen molar-refractivity contribution in [3.05, 3.63) is 198 Å². The monoisotopic (exact) mass is 719 g/mol. The zero-order valence-electron chi connectivity index (χ0n) is 32.1. The van der Waals surface area contributed by atoms with E-state index in [0.717, 1.165) is 44.4 Å². The molecule has 11 rings (SSSR count). The summed E-state index contributed by atoms with van der Waals surface area (Å²) in [6, 6.07) is 64.6. The number of para-hydroxylation sites is 1. The first-order chi connectivity index (χ1) is 27.3. The lowest BCUT2D eigenvalue weighted by Crippen LogP contribution is -2.16. The van der Waals surface area contributed by atoms with Crippen LogP contribution in [0.5, 0.6) is 0 Å². The Bertz CT molecular complexity index is 3050. The van der Waals surface area contributed by atoms with Crippen LogP contribution in [0, 0.1) is 0 Å². The predicted molar refractivity (Wildman–Crippen MR) is 234 cm³/mol. The minimum atomic E-state index is -0.125. The van der Waals surface area contributed by atoms with Gasteiger partial charge in [0, 0.05) is 38.5 Å². The first-order valence-corrected chi connectivity index (χ1v) is 19.7. The molecule has 0 unspecified atom stereocenters. The molecule has 0 bridgehead atoms. The smallest absolute Gasteiger partial charge is 0.136 e. The molecular formula is C54H41NO. The van der Waals surface area contributed by atoms with Crippen molar-refractivity contribution in [3.63, 3.8) is 0 Å². The van der Waals surface area contributed by atoms with Crippen molar-refractivity contribution in [1.82, 2.24) is 0 Å². The third-order valence-electron chi connectivity index (χ3n) is 12.7. The summed E-state index contributed by atoms with van der Waals surface area (Å²) in [6.45, 7) is 9.43. The van der Waals surface area contributed by atoms with Crippen molar-refractivity contribution in [2.75, 3.05) is 4.90 Å². The molecule has 0 amide bonds. The van der Waals surface area contributed by atoms with Crippen LogP contribution in [0.3, 0.4) is 0 Å². The van der Waals surface area contributed by atoms with Crippen LogP contribution in [0.15, 0.2) is 180 Å². The highest BCUT2D eigenvalue weighted by atomic mass is 16.3. The summed E-state index contributed by atoms with van der Waals surface area (Å²) in [6.07, 6.45) is 0. The van der Waals surface area contributed by atoms with E-state index in [1.807, 2.05) is 6.07 Å². The predicted octanol–water partition coefficient (Wildman–Crippen LogP) is 15.0. The molecule has 0 spiro atoms. The van der Waals surface area contributed by atoms with E-state index in [9.17, 15) is 0 Å². The Balaban J connectivity index is 1.15. The average Bonchev–Trinajstić information content (AvgIpc) is 3.82. The van der Waals surface area contributed by atoms with Crippen molar-refractivity contribution < 1.29 is 4.42 Å². The van der Waals surface area contributed by atoms with Crippen LogP contribution in [-0.2, 0) is 10.8 Å². The molecule has 1 aromatic heterocycles. The molecule has 0 atom stereocenters. The third kappa shape index (κ3) is 4.62. The maximum Gasteiger partial charge on any atom is 0.136 e. The minimum Gasteiger partial charge on any atom is -0.456 e. The van der Waals surface area contributed by atoms with Crippen molar-refractivity contribution >= 4 is 39.0 Å². The van der Waals surface area contributed by atoms with Crippen LogP contribution >= 0.6 is 0 Å². The molecule has 0 saturated heterocycles. The van der Waals surface area contributed by atoms with Gasteiger partial charge < -0.3 is 9.32 Å². The fourth-order valence-electron chi connectivity index (χ4n) is 9.98. The molecule has 0 fully saturated rings. The molecule has 0 radical (unpaired) electrons. The first-order valence-electron chi connectivity index (χ1n) is 19.7. The maximum atomic E-state index is 6.35. The van der Waals surface area contributed by atoms with Crippen molar-refractivity contribution in [2.45, 2.75) is 38.5 Å². The maximum absolute atomic E-state index is 6.35. The fraction of sp³-hybridized carbons (Fsp3) is 0.111. The Kier molecular flexibility index (Phi) is 6.98. The van der Waals surface area contributed by atoms with Gasteiger partial charge in [0.1, 0.15) is 11.2 Å². The zero-order valence-corrected chi connectivity index (χ0v) is 32.1. The molecule has 56 heavy (non-hydrogen) atoms. The van der Waals surface area contributed by atoms with Crippen LogP contribution in [0.1, 0.15) is 49.9 Å². The van der Waals surface area contributed by atoms with Gasteiger partial charge in [0.15, 0.2) is 0 Å². The molecule has 268 valence electrons. The Hall–Kier alpha value is -6.64. The number of anilines is 3. The molecule has 8 aromatic carbocycles. The van der Waals surface area contributed by atoms with Gasteiger partial charge in [0.2, 0.25) is 0 Å². The van der Waals surface area contributed by atoms with E-state index in [4.69, 9.17) is 4.42 Å². The lowest BCUT2D eigenvalue weighted by Gasteiger charge is -2.29. The summed E-state index contributed by atoms with van der Waals surface area (Å²) in [5.41, 5.74) is 20.5. The van der Waals surface area contributed by atoms with Crippen molar-refractivity contribution in [1.29, 1.82) is 0 Å². The summed E-state index contributed by atoms with van der Waals surface area (Å²) in [4.78, 5) is 2.48. The number of hydrogen-bond donors (Lipinski definition) is 0. The second-order valence-electron chi connectivity index (χ2n) is 16.5. The standard InChI is InChI=1S/C54H41NO/c1-53(2)43-25-8-5-20-40(43)50-38(23-13-27-45(50)53)34-16-11-18-36(32-34)55(47-29-15-28-46-52(47)41-21-6-9-26-44(41)54(46,3)4)37-19-12-17-35(33-37)39-24-14-31-49-51(39)42-22-7-10-30-48(42)56-49/h5-33H,1-4H3. The van der Waals surface area contributed by atoms with E-state index in [0.29, 0.717) is 0 Å². The van der Waals surface area contributed by atoms with Gasteiger partial charge in [0.25, 0.3) is 0 Å². The third-order valence-corrected chi connectivity index (χ3v) is 12.7. The number of nitrogens with zero attached hydrogens (tertiary/aromatic N) is 1. The number of benzene rings is 8. The second-order valence-corrected chi connectivity index (χ2v) is 16.5. The Morgan fingerprint density at radius 3 is 1.59 bits per heavy atom. The molecule has 2 aliphatic carbocycles. The number of rotatable bonds is 5. The summed E-state index contributed by atoms with van der Waals surface area (Å²) in [7, 11) is 0. The summed E-state index contributed by atoms with van der Waals surface area (Å²) in [5.74, 6) is 0. The SMILES string of the molecule is CC1(C)c2ccccc2-c2c(-c3cccc(N(c4cccc(-c5cccc6oc7ccccc7c56)c4)c4cccc5c4-c4ccccc4C5(C)C)c3)cccc21. The zero-order chi connectivity index (χ0) is 37.8. The van der Waals surface area contributed by atoms with Gasteiger partial charge in [-0.1, -0.05) is 161 Å². The molecule has 2 heteroatoms. The van der Waals surface area contributed by atoms with Gasteiger partial charge in [-0.3, -0.25) is 0 Å². The number of fused-ring (bicyclic) bond motifs is 9. The highest BCUT2D eigenvalue weighted by Gasteiger charge is 2.39. The lowest BCUT2D eigenvalue weighted by atomic mass is 9.82. The quantitative estimate of drug-likeness (QED) is 0.176. The molecule has 9 aromatic rings. The minimum absolute atomic E-state index is 0.0695. The Labute approximate surface area is 328 Å². The van der Waals surface area contributed by atoms with Crippen LogP contribution in [0.4, 0.5) is 17.1 Å². The lowest BCUT2D eigenvalue weighted by molar-refractivity contribution is 0.660. The van der Waals surface area contributed by atoms with Crippen LogP contribution in [0.25, 0.3) is 66.4 Å². The van der Waals surface area contributed by atoms with E-state index in [2.05, 4.69) is 202 Å². The van der Waals surface area contributed by atoms with Gasteiger partial charge in [-0.25, -0.2) is 0 Å². The number of furan rings is 1. The fourth-order valence-corrected chi connectivity index (χ4v) is 9.98. The highest BCUT2D eigenvalue weighted by molar-refractivity contribution is 6.12. The molecular weight excluding hydrogens is 679 g/mol. The second kappa shape index (κ2) is 11.9. The first kappa shape index (κ1) is 32.8. The van der Waals surface area contributed by atoms with E-state index < -0.39 is 0 Å². The van der Waals surface area contributed by atoms with Crippen LogP contribution < -0.4 is 4.90 Å². The van der Waals surface area contributed by atoms with Gasteiger partial charge >= 0.3 is 0 Å². The van der Waals surface area contributed by atoms with Gasteiger partial charge in [0.05, 0.1) is 5.69 Å². The summed E-state index contributed by atoms with van der Waals surface area (Å²) >= 11 is 0. The van der Waals surface area contributed by atoms with E-state index >= 15 is 0 Å². The van der Waals surface area contributed by atoms with E-state index in [1.54, 1.807) is 0 Å². The van der Waals surface area contributed by atoms with E-state index in [1.165, 1.54) is 61.3 Å². The largest absolute Gasteiger partial charge is 0.456 e. The normalized spacial score (nSPS) is 14.4. The molecule has 1 heterocycles. The molecule has 0 saturated carbocycles. The van der Waals surface area contributed by atoms with Crippen LogP contribution in [0.2, 0.25) is 0 Å². The van der Waals surface area contributed by atoms with E-state index in [-0.39, 0.29) is 10.8 Å².